The van der Waals surface area contributed by atoms with Gasteiger partial charge in [0.2, 0.25) is 0 Å². The number of benzene rings is 1. The highest BCUT2D eigenvalue weighted by molar-refractivity contribution is 7.72. The molecule has 0 fully saturated rings. The van der Waals surface area contributed by atoms with E-state index in [2.05, 4.69) is 0 Å². The number of aromatic hydroxyl groups is 1. The Labute approximate surface area is 181 Å². The van der Waals surface area contributed by atoms with Gasteiger partial charge in [-0.25, -0.2) is 0 Å². The Morgan fingerprint density at radius 1 is 0.867 bits per heavy atom. The Kier molecular flexibility index (Phi) is 10.3. The zero-order valence-electron chi connectivity index (χ0n) is 19.6. The van der Waals surface area contributed by atoms with Gasteiger partial charge >= 0.3 is 15.2 Å². The van der Waals surface area contributed by atoms with Crippen LogP contribution in [0.4, 0.5) is 0 Å². The van der Waals surface area contributed by atoms with E-state index < -0.39 is 20.6 Å². The molecule has 1 rings (SSSR count). The maximum absolute atomic E-state index is 13.7. The summed E-state index contributed by atoms with van der Waals surface area (Å²) in [7, 11) is -7.67. The van der Waals surface area contributed by atoms with Crippen LogP contribution in [0.5, 0.6) is 5.75 Å². The van der Waals surface area contributed by atoms with Crippen LogP contribution < -0.4 is 0 Å². The van der Waals surface area contributed by atoms with Gasteiger partial charge in [0.1, 0.15) is 5.75 Å². The van der Waals surface area contributed by atoms with E-state index in [0.717, 1.165) is 11.1 Å². The Morgan fingerprint density at radius 2 is 1.27 bits per heavy atom. The Hall–Kier alpha value is -0.680. The van der Waals surface area contributed by atoms with Gasteiger partial charge in [0.05, 0.1) is 26.4 Å². The number of phenolic OH excluding ortho intramolecular Hbond substituents is 1. The van der Waals surface area contributed by atoms with Crippen LogP contribution in [0.2, 0.25) is 0 Å². The number of rotatable bonds is 12. The van der Waals surface area contributed by atoms with Crippen molar-refractivity contribution < 1.29 is 32.3 Å². The minimum atomic E-state index is -3.83. The van der Waals surface area contributed by atoms with Gasteiger partial charge in [-0.15, -0.1) is 0 Å². The van der Waals surface area contributed by atoms with Crippen molar-refractivity contribution in [3.63, 3.8) is 0 Å². The summed E-state index contributed by atoms with van der Waals surface area (Å²) in [5.74, 6) is 0.221. The first-order valence-corrected chi connectivity index (χ1v) is 13.7. The Morgan fingerprint density at radius 3 is 1.60 bits per heavy atom. The summed E-state index contributed by atoms with van der Waals surface area (Å²) in [6, 6.07) is 3.64. The topological polar surface area (TPSA) is 91.3 Å². The second-order valence-corrected chi connectivity index (χ2v) is 12.8. The third-order valence-electron chi connectivity index (χ3n) is 4.55. The van der Waals surface area contributed by atoms with E-state index in [9.17, 15) is 14.2 Å². The molecule has 0 bridgehead atoms. The van der Waals surface area contributed by atoms with Gasteiger partial charge in [0.25, 0.3) is 0 Å². The lowest BCUT2D eigenvalue weighted by atomic mass is 9.84. The Bertz CT molecular complexity index is 736. The first-order valence-electron chi connectivity index (χ1n) is 10.5. The number of hydrogen-bond donors (Lipinski definition) is 1. The molecule has 0 amide bonds. The van der Waals surface area contributed by atoms with Gasteiger partial charge in [-0.3, -0.25) is 9.13 Å². The van der Waals surface area contributed by atoms with Crippen molar-refractivity contribution >= 4 is 15.2 Å². The molecule has 0 aliphatic heterocycles. The fourth-order valence-electron chi connectivity index (χ4n) is 3.29. The Balaban J connectivity index is 3.63. The van der Waals surface area contributed by atoms with Crippen molar-refractivity contribution in [2.75, 3.05) is 26.4 Å². The van der Waals surface area contributed by atoms with Crippen molar-refractivity contribution in [1.82, 2.24) is 0 Å². The zero-order valence-corrected chi connectivity index (χ0v) is 21.3. The van der Waals surface area contributed by atoms with Crippen LogP contribution in [0.15, 0.2) is 12.1 Å². The zero-order chi connectivity index (χ0) is 23.2. The van der Waals surface area contributed by atoms with Crippen molar-refractivity contribution in [3.05, 3.63) is 28.8 Å². The van der Waals surface area contributed by atoms with E-state index in [4.69, 9.17) is 18.1 Å². The highest BCUT2D eigenvalue weighted by Gasteiger charge is 2.50. The van der Waals surface area contributed by atoms with Gasteiger partial charge < -0.3 is 23.2 Å². The molecule has 0 atom stereocenters. The van der Waals surface area contributed by atoms with Gasteiger partial charge in [-0.05, 0) is 63.1 Å². The SMILES string of the molecule is CCOP(=O)(OCC)C(Cc1cc(C)c(O)c(C(C)(C)C)c1)P(=O)(OCC)OCC. The molecule has 0 unspecified atom stereocenters. The van der Waals surface area contributed by atoms with E-state index in [-0.39, 0.29) is 44.0 Å². The minimum Gasteiger partial charge on any atom is -0.507 e. The summed E-state index contributed by atoms with van der Waals surface area (Å²) in [5.41, 5.74) is 1.87. The number of aryl methyl sites for hydroxylation is 1. The highest BCUT2D eigenvalue weighted by Crippen LogP contribution is 2.71. The molecule has 0 aliphatic carbocycles. The van der Waals surface area contributed by atoms with Crippen LogP contribution in [0.3, 0.4) is 0 Å². The molecule has 0 aromatic heterocycles. The standard InChI is InChI=1S/C21H38O7P2/c1-9-25-29(23,26-10-2)19(30(24,27-11-3)28-12-4)15-17-13-16(5)20(22)18(14-17)21(6,7)8/h13-14,19,22H,9-12,15H2,1-8H3. The molecule has 0 radical (unpaired) electrons. The summed E-state index contributed by atoms with van der Waals surface area (Å²) < 4.78 is 49.6. The van der Waals surface area contributed by atoms with Crippen molar-refractivity contribution in [3.8, 4) is 5.75 Å². The fourth-order valence-corrected chi connectivity index (χ4v) is 8.62. The molecule has 0 saturated heterocycles. The highest BCUT2D eigenvalue weighted by atomic mass is 31.2. The van der Waals surface area contributed by atoms with Crippen molar-refractivity contribution in [1.29, 1.82) is 0 Å². The van der Waals surface area contributed by atoms with E-state index in [1.54, 1.807) is 40.7 Å². The molecule has 1 aromatic carbocycles. The quantitative estimate of drug-likeness (QED) is 0.358. The van der Waals surface area contributed by atoms with Gasteiger partial charge in [0, 0.05) is 0 Å². The molecule has 174 valence electrons. The molecule has 30 heavy (non-hydrogen) atoms. The lowest BCUT2D eigenvalue weighted by Gasteiger charge is -2.32. The average Bonchev–Trinajstić information content (AvgIpc) is 2.62. The first kappa shape index (κ1) is 27.4. The summed E-state index contributed by atoms with van der Waals surface area (Å²) in [6.45, 7) is 15.2. The van der Waals surface area contributed by atoms with Crippen LogP contribution in [0.25, 0.3) is 0 Å². The molecule has 0 spiro atoms. The largest absolute Gasteiger partial charge is 0.507 e. The van der Waals surface area contributed by atoms with Crippen LogP contribution in [-0.4, -0.2) is 36.9 Å². The summed E-state index contributed by atoms with van der Waals surface area (Å²) in [6.07, 6.45) is 0.0960. The predicted molar refractivity (Wildman–Crippen MR) is 121 cm³/mol. The number of hydrogen-bond acceptors (Lipinski definition) is 7. The third-order valence-corrected chi connectivity index (χ3v) is 10.5. The van der Waals surface area contributed by atoms with E-state index >= 15 is 0 Å². The normalized spacial score (nSPS) is 13.2. The van der Waals surface area contributed by atoms with Crippen molar-refractivity contribution in [2.45, 2.75) is 72.6 Å². The van der Waals surface area contributed by atoms with Crippen LogP contribution in [0.1, 0.15) is 65.2 Å². The summed E-state index contributed by atoms with van der Waals surface area (Å²) in [5, 5.41) is 9.42. The molecule has 0 heterocycles. The lowest BCUT2D eigenvalue weighted by molar-refractivity contribution is 0.195. The maximum Gasteiger partial charge on any atom is 0.346 e. The van der Waals surface area contributed by atoms with E-state index in [1.165, 1.54) is 0 Å². The third kappa shape index (κ3) is 6.66. The minimum absolute atomic E-state index is 0.0960. The monoisotopic (exact) mass is 464 g/mol. The lowest BCUT2D eigenvalue weighted by Crippen LogP contribution is -2.21. The molecule has 9 heteroatoms. The second kappa shape index (κ2) is 11.3. The van der Waals surface area contributed by atoms with Crippen LogP contribution in [0, 0.1) is 6.92 Å². The van der Waals surface area contributed by atoms with Crippen LogP contribution in [-0.2, 0) is 39.1 Å². The molecule has 0 aliphatic rings. The predicted octanol–water partition coefficient (Wildman–Crippen LogP) is 6.40. The summed E-state index contributed by atoms with van der Waals surface area (Å²) >= 11 is 0. The molecule has 1 N–H and O–H groups in total. The molecular formula is C21H38O7P2. The maximum atomic E-state index is 13.7. The van der Waals surface area contributed by atoms with Gasteiger partial charge in [0.15, 0.2) is 5.40 Å². The molecule has 1 aromatic rings. The number of phenols is 1. The van der Waals surface area contributed by atoms with Gasteiger partial charge in [-0.2, -0.15) is 0 Å². The van der Waals surface area contributed by atoms with Crippen molar-refractivity contribution in [2.24, 2.45) is 0 Å². The fraction of sp³-hybridized carbons (Fsp3) is 0.714. The smallest absolute Gasteiger partial charge is 0.346 e. The molecule has 0 saturated carbocycles. The molecular weight excluding hydrogens is 426 g/mol. The van der Waals surface area contributed by atoms with E-state index in [0.29, 0.717) is 5.56 Å². The first-order chi connectivity index (χ1) is 13.9. The second-order valence-electron chi connectivity index (χ2n) is 7.99. The van der Waals surface area contributed by atoms with E-state index in [1.807, 2.05) is 26.8 Å². The van der Waals surface area contributed by atoms with Gasteiger partial charge in [-0.1, -0.05) is 32.9 Å². The van der Waals surface area contributed by atoms with Crippen LogP contribution >= 0.6 is 15.2 Å². The average molecular weight is 464 g/mol. The molecule has 7 nitrogen and oxygen atoms in total. The summed E-state index contributed by atoms with van der Waals surface area (Å²) in [4.78, 5) is 0.